The topological polar surface area (TPSA) is 52.6 Å². The van der Waals surface area contributed by atoms with E-state index < -0.39 is 5.60 Å². The van der Waals surface area contributed by atoms with Gasteiger partial charge in [0.1, 0.15) is 0 Å². The molecule has 0 aromatic carbocycles. The Morgan fingerprint density at radius 3 is 2.44 bits per heavy atom. The maximum absolute atomic E-state index is 11.7. The maximum Gasteiger partial charge on any atom is 0.221 e. The van der Waals surface area contributed by atoms with E-state index in [1.54, 1.807) is 0 Å². The van der Waals surface area contributed by atoms with Gasteiger partial charge >= 0.3 is 0 Å². The van der Waals surface area contributed by atoms with Gasteiger partial charge in [0.2, 0.25) is 5.91 Å². The Morgan fingerprint density at radius 2 is 1.78 bits per heavy atom. The first-order valence-corrected chi connectivity index (χ1v) is 7.39. The monoisotopic (exact) mass is 254 g/mol. The highest BCUT2D eigenvalue weighted by Crippen LogP contribution is 2.27. The molecule has 1 saturated heterocycles. The van der Waals surface area contributed by atoms with Crippen molar-refractivity contribution in [1.82, 2.24) is 10.2 Å². The first-order chi connectivity index (χ1) is 8.68. The van der Waals surface area contributed by atoms with E-state index in [1.807, 2.05) is 0 Å². The lowest BCUT2D eigenvalue weighted by atomic mass is 9.85. The molecule has 1 heterocycles. The normalized spacial score (nSPS) is 24.1. The number of aliphatic hydroxyl groups is 1. The molecule has 0 spiro atoms. The minimum absolute atomic E-state index is 0.0842. The fourth-order valence-corrected chi connectivity index (χ4v) is 3.00. The molecule has 4 heteroatoms. The highest BCUT2D eigenvalue weighted by atomic mass is 16.3. The summed E-state index contributed by atoms with van der Waals surface area (Å²) in [5.41, 5.74) is -0.637. The van der Waals surface area contributed by atoms with Crippen LogP contribution in [0.1, 0.15) is 51.4 Å². The molecular formula is C14H26N2O2. The van der Waals surface area contributed by atoms with Crippen molar-refractivity contribution in [3.8, 4) is 0 Å². The quantitative estimate of drug-likeness (QED) is 0.777. The van der Waals surface area contributed by atoms with Crippen molar-refractivity contribution in [3.05, 3.63) is 0 Å². The van der Waals surface area contributed by atoms with Crippen LogP contribution >= 0.6 is 0 Å². The van der Waals surface area contributed by atoms with Gasteiger partial charge < -0.3 is 15.3 Å². The van der Waals surface area contributed by atoms with Crippen molar-refractivity contribution < 1.29 is 9.90 Å². The molecule has 1 saturated carbocycles. The Hall–Kier alpha value is -0.610. The molecule has 1 amide bonds. The number of hydrogen-bond acceptors (Lipinski definition) is 3. The number of nitrogens with zero attached hydrogens (tertiary/aromatic N) is 1. The summed E-state index contributed by atoms with van der Waals surface area (Å²) in [6, 6.07) is 0. The second-order valence-corrected chi connectivity index (χ2v) is 5.86. The molecule has 2 aliphatic rings. The average Bonchev–Trinajstić information content (AvgIpc) is 2.88. The highest BCUT2D eigenvalue weighted by Gasteiger charge is 2.29. The zero-order valence-electron chi connectivity index (χ0n) is 11.3. The second-order valence-electron chi connectivity index (χ2n) is 5.86. The molecule has 0 aromatic rings. The molecule has 0 radical (unpaired) electrons. The lowest BCUT2D eigenvalue weighted by Gasteiger charge is -2.32. The van der Waals surface area contributed by atoms with E-state index in [-0.39, 0.29) is 5.91 Å². The van der Waals surface area contributed by atoms with Gasteiger partial charge in [-0.05, 0) is 38.8 Å². The Labute approximate surface area is 110 Å². The summed E-state index contributed by atoms with van der Waals surface area (Å²) >= 11 is 0. The fourth-order valence-electron chi connectivity index (χ4n) is 3.00. The molecule has 1 aliphatic carbocycles. The van der Waals surface area contributed by atoms with Gasteiger partial charge in [-0.15, -0.1) is 0 Å². The fraction of sp³-hybridized carbons (Fsp3) is 0.929. The van der Waals surface area contributed by atoms with Crippen LogP contribution in [0.3, 0.4) is 0 Å². The number of carbonyl (C=O) groups is 1. The van der Waals surface area contributed by atoms with Crippen molar-refractivity contribution >= 4 is 5.91 Å². The second kappa shape index (κ2) is 6.53. The van der Waals surface area contributed by atoms with Crippen LogP contribution in [0.2, 0.25) is 0 Å². The number of nitrogens with one attached hydrogen (secondary N) is 1. The van der Waals surface area contributed by atoms with E-state index in [4.69, 9.17) is 0 Å². The summed E-state index contributed by atoms with van der Waals surface area (Å²) in [5, 5.41) is 13.2. The minimum atomic E-state index is -0.637. The maximum atomic E-state index is 11.7. The van der Waals surface area contributed by atoms with Crippen LogP contribution in [0, 0.1) is 0 Å². The van der Waals surface area contributed by atoms with E-state index in [1.165, 1.54) is 19.3 Å². The summed E-state index contributed by atoms with van der Waals surface area (Å²) in [6.07, 6.45) is 8.14. The molecule has 1 aliphatic heterocycles. The van der Waals surface area contributed by atoms with Crippen LogP contribution in [0.25, 0.3) is 0 Å². The molecule has 4 nitrogen and oxygen atoms in total. The van der Waals surface area contributed by atoms with E-state index in [2.05, 4.69) is 10.2 Å². The summed E-state index contributed by atoms with van der Waals surface area (Å²) in [4.78, 5) is 14.1. The van der Waals surface area contributed by atoms with Crippen molar-refractivity contribution in [2.45, 2.75) is 57.0 Å². The Balaban J connectivity index is 1.61. The standard InChI is InChI=1S/C14H26N2O2/c17-13(6-11-16-9-4-5-10-16)15-12-14(18)7-2-1-3-8-14/h18H,1-12H2,(H,15,17). The molecule has 2 fully saturated rings. The van der Waals surface area contributed by atoms with Crippen molar-refractivity contribution in [2.75, 3.05) is 26.2 Å². The predicted molar refractivity (Wildman–Crippen MR) is 71.3 cm³/mol. The van der Waals surface area contributed by atoms with E-state index in [0.29, 0.717) is 13.0 Å². The lowest BCUT2D eigenvalue weighted by Crippen LogP contribution is -2.44. The third kappa shape index (κ3) is 4.25. The van der Waals surface area contributed by atoms with Gasteiger partial charge in [0.05, 0.1) is 5.60 Å². The number of rotatable bonds is 5. The first-order valence-electron chi connectivity index (χ1n) is 7.39. The number of hydrogen-bond donors (Lipinski definition) is 2. The van der Waals surface area contributed by atoms with Crippen LogP contribution in [0.5, 0.6) is 0 Å². The summed E-state index contributed by atoms with van der Waals surface area (Å²) in [7, 11) is 0. The average molecular weight is 254 g/mol. The van der Waals surface area contributed by atoms with E-state index in [9.17, 15) is 9.90 Å². The van der Waals surface area contributed by atoms with E-state index in [0.717, 1.165) is 45.3 Å². The van der Waals surface area contributed by atoms with Gasteiger partial charge in [0.25, 0.3) is 0 Å². The first kappa shape index (κ1) is 13.8. The predicted octanol–water partition coefficient (Wildman–Crippen LogP) is 1.28. The molecule has 0 atom stereocenters. The van der Waals surface area contributed by atoms with Crippen LogP contribution in [0.15, 0.2) is 0 Å². The summed E-state index contributed by atoms with van der Waals surface area (Å²) in [5.74, 6) is 0.0842. The number of amides is 1. The Kier molecular flexibility index (Phi) is 5.01. The third-order valence-electron chi connectivity index (χ3n) is 4.25. The van der Waals surface area contributed by atoms with Crippen LogP contribution in [-0.2, 0) is 4.79 Å². The van der Waals surface area contributed by atoms with Gasteiger partial charge in [0.15, 0.2) is 0 Å². The zero-order chi connectivity index (χ0) is 12.8. The van der Waals surface area contributed by atoms with Crippen LogP contribution in [0.4, 0.5) is 0 Å². The van der Waals surface area contributed by atoms with E-state index >= 15 is 0 Å². The van der Waals surface area contributed by atoms with Gasteiger partial charge in [-0.3, -0.25) is 4.79 Å². The zero-order valence-corrected chi connectivity index (χ0v) is 11.3. The smallest absolute Gasteiger partial charge is 0.221 e. The summed E-state index contributed by atoms with van der Waals surface area (Å²) in [6.45, 7) is 3.57. The molecule has 0 bridgehead atoms. The molecule has 18 heavy (non-hydrogen) atoms. The van der Waals surface area contributed by atoms with Crippen LogP contribution in [-0.4, -0.2) is 47.7 Å². The van der Waals surface area contributed by atoms with Crippen molar-refractivity contribution in [2.24, 2.45) is 0 Å². The largest absolute Gasteiger partial charge is 0.388 e. The van der Waals surface area contributed by atoms with Crippen LogP contribution < -0.4 is 5.32 Å². The lowest BCUT2D eigenvalue weighted by molar-refractivity contribution is -0.123. The molecule has 0 aromatic heterocycles. The van der Waals surface area contributed by atoms with Gasteiger partial charge in [0, 0.05) is 19.5 Å². The van der Waals surface area contributed by atoms with Crippen molar-refractivity contribution in [3.63, 3.8) is 0 Å². The molecule has 2 N–H and O–H groups in total. The number of carbonyl (C=O) groups excluding carboxylic acids is 1. The number of likely N-dealkylation sites (tertiary alicyclic amines) is 1. The Morgan fingerprint density at radius 1 is 1.11 bits per heavy atom. The Bertz CT molecular complexity index is 269. The van der Waals surface area contributed by atoms with Gasteiger partial charge in [-0.1, -0.05) is 19.3 Å². The van der Waals surface area contributed by atoms with Gasteiger partial charge in [-0.2, -0.15) is 0 Å². The third-order valence-corrected chi connectivity index (χ3v) is 4.25. The minimum Gasteiger partial charge on any atom is -0.388 e. The SMILES string of the molecule is O=C(CCN1CCCC1)NCC1(O)CCCCC1. The molecule has 2 rings (SSSR count). The molecular weight excluding hydrogens is 228 g/mol. The molecule has 104 valence electrons. The highest BCUT2D eigenvalue weighted by molar-refractivity contribution is 5.76. The van der Waals surface area contributed by atoms with Crippen molar-refractivity contribution in [1.29, 1.82) is 0 Å². The summed E-state index contributed by atoms with van der Waals surface area (Å²) < 4.78 is 0. The van der Waals surface area contributed by atoms with Gasteiger partial charge in [-0.25, -0.2) is 0 Å². The molecule has 0 unspecified atom stereocenters.